The van der Waals surface area contributed by atoms with E-state index in [9.17, 15) is 0 Å². The minimum absolute atomic E-state index is 0.280. The van der Waals surface area contributed by atoms with Crippen LogP contribution in [-0.2, 0) is 0 Å². The minimum Gasteiger partial charge on any atom is -0.176 e. The summed E-state index contributed by atoms with van der Waals surface area (Å²) in [5.74, 6) is 0. The van der Waals surface area contributed by atoms with Gasteiger partial charge in [-0.2, -0.15) is 22.2 Å². The van der Waals surface area contributed by atoms with Crippen molar-refractivity contribution < 1.29 is 0 Å². The van der Waals surface area contributed by atoms with Crippen LogP contribution < -0.4 is 0 Å². The molecule has 0 bridgehead atoms. The van der Waals surface area contributed by atoms with Crippen LogP contribution in [0.15, 0.2) is 0 Å². The molecule has 1 fully saturated rings. The SMILES string of the molecule is Cl[SiH2]C1([SiH2]Cl)CCC1. The van der Waals surface area contributed by atoms with Crippen molar-refractivity contribution in [3.63, 3.8) is 0 Å². The Balaban J connectivity index is 2.33. The van der Waals surface area contributed by atoms with E-state index in [0.717, 1.165) is 0 Å². The number of hydrogen-bond acceptors (Lipinski definition) is 0. The summed E-state index contributed by atoms with van der Waals surface area (Å²) in [7, 11) is -0.559. The first-order valence-electron chi connectivity index (χ1n) is 2.95. The largest absolute Gasteiger partial charge is 0.176 e. The maximum Gasteiger partial charge on any atom is 0.129 e. The molecular weight excluding hydrogens is 175 g/mol. The normalized spacial score (nSPS) is 27.8. The summed E-state index contributed by atoms with van der Waals surface area (Å²) in [5, 5.41) is 0. The lowest BCUT2D eigenvalue weighted by Gasteiger charge is -2.37. The Morgan fingerprint density at radius 2 is 1.62 bits per heavy atom. The summed E-state index contributed by atoms with van der Waals surface area (Å²) in [5.41, 5.74) is 0. The quantitative estimate of drug-likeness (QED) is 0.443. The second-order valence-electron chi connectivity index (χ2n) is 2.62. The predicted molar refractivity (Wildman–Crippen MR) is 45.3 cm³/mol. The third-order valence-corrected chi connectivity index (χ3v) is 11.3. The van der Waals surface area contributed by atoms with Crippen LogP contribution in [0.1, 0.15) is 19.3 Å². The topological polar surface area (TPSA) is 0 Å². The molecule has 1 saturated carbocycles. The summed E-state index contributed by atoms with van der Waals surface area (Å²) in [6.45, 7) is 0. The van der Waals surface area contributed by atoms with Crippen molar-refractivity contribution in [2.75, 3.05) is 0 Å². The Hall–Kier alpha value is 1.01. The summed E-state index contributed by atoms with van der Waals surface area (Å²) >= 11 is 11.7. The molecule has 8 heavy (non-hydrogen) atoms. The lowest BCUT2D eigenvalue weighted by atomic mass is 9.98. The zero-order chi connectivity index (χ0) is 6.04. The molecule has 0 unspecified atom stereocenters. The van der Waals surface area contributed by atoms with E-state index in [1.807, 2.05) is 0 Å². The maximum absolute atomic E-state index is 5.85. The van der Waals surface area contributed by atoms with Crippen LogP contribution in [0.3, 0.4) is 0 Å². The van der Waals surface area contributed by atoms with Gasteiger partial charge in [-0.25, -0.2) is 0 Å². The molecule has 0 saturated heterocycles. The van der Waals surface area contributed by atoms with Gasteiger partial charge < -0.3 is 0 Å². The average Bonchev–Trinajstić information content (AvgIpc) is 1.67. The molecule has 0 N–H and O–H groups in total. The Bertz CT molecular complexity index is 68.6. The third-order valence-electron chi connectivity index (χ3n) is 1.98. The van der Waals surface area contributed by atoms with Crippen LogP contribution in [0.2, 0.25) is 4.66 Å². The van der Waals surface area contributed by atoms with Crippen molar-refractivity contribution in [2.45, 2.75) is 23.9 Å². The molecule has 48 valence electrons. The van der Waals surface area contributed by atoms with Crippen LogP contribution >= 0.6 is 22.2 Å². The lowest BCUT2D eigenvalue weighted by molar-refractivity contribution is 0.451. The predicted octanol–water partition coefficient (Wildman–Crippen LogP) is 0.932. The molecule has 0 amide bonds. The molecule has 0 aromatic carbocycles. The fourth-order valence-corrected chi connectivity index (χ4v) is 6.97. The van der Waals surface area contributed by atoms with Crippen molar-refractivity contribution in [1.82, 2.24) is 0 Å². The van der Waals surface area contributed by atoms with Crippen LogP contribution in [-0.4, -0.2) is 17.7 Å². The van der Waals surface area contributed by atoms with Gasteiger partial charge in [0.25, 0.3) is 0 Å². The van der Waals surface area contributed by atoms with Crippen molar-refractivity contribution in [1.29, 1.82) is 0 Å². The van der Waals surface area contributed by atoms with Crippen LogP contribution in [0.25, 0.3) is 0 Å². The van der Waals surface area contributed by atoms with E-state index in [2.05, 4.69) is 0 Å². The van der Waals surface area contributed by atoms with Gasteiger partial charge in [-0.05, 0) is 4.66 Å². The average molecular weight is 185 g/mol. The van der Waals surface area contributed by atoms with E-state index in [-0.39, 0.29) is 17.7 Å². The first-order valence-corrected chi connectivity index (χ1v) is 8.64. The molecule has 1 aliphatic rings. The third kappa shape index (κ3) is 1.13. The summed E-state index contributed by atoms with van der Waals surface area (Å²) < 4.78 is 0.614. The van der Waals surface area contributed by atoms with Crippen molar-refractivity contribution in [3.8, 4) is 0 Å². The van der Waals surface area contributed by atoms with E-state index in [1.165, 1.54) is 19.3 Å². The summed E-state index contributed by atoms with van der Waals surface area (Å²) in [6, 6.07) is 0. The molecule has 0 atom stereocenters. The molecule has 0 aromatic rings. The second kappa shape index (κ2) is 2.73. The van der Waals surface area contributed by atoms with Gasteiger partial charge in [0.1, 0.15) is 17.7 Å². The zero-order valence-corrected chi connectivity index (χ0v) is 9.13. The molecule has 0 radical (unpaired) electrons. The molecule has 0 aromatic heterocycles. The fraction of sp³-hybridized carbons (Fsp3) is 1.00. The highest BCUT2D eigenvalue weighted by atomic mass is 35.6. The molecule has 1 rings (SSSR count). The number of rotatable bonds is 2. The first kappa shape index (κ1) is 7.12. The highest BCUT2D eigenvalue weighted by Crippen LogP contribution is 2.47. The van der Waals surface area contributed by atoms with Crippen molar-refractivity contribution >= 4 is 39.8 Å². The summed E-state index contributed by atoms with van der Waals surface area (Å²) in [4.78, 5) is 0. The second-order valence-corrected chi connectivity index (χ2v) is 8.76. The van der Waals surface area contributed by atoms with Gasteiger partial charge >= 0.3 is 0 Å². The molecule has 1 aliphatic carbocycles. The first-order chi connectivity index (χ1) is 3.83. The summed E-state index contributed by atoms with van der Waals surface area (Å²) in [6.07, 6.45) is 4.11. The monoisotopic (exact) mass is 184 g/mol. The smallest absolute Gasteiger partial charge is 0.129 e. The highest BCUT2D eigenvalue weighted by Gasteiger charge is 2.35. The van der Waals surface area contributed by atoms with Crippen molar-refractivity contribution in [2.24, 2.45) is 0 Å². The Morgan fingerprint density at radius 1 is 1.12 bits per heavy atom. The molecule has 0 spiro atoms. The van der Waals surface area contributed by atoms with Crippen molar-refractivity contribution in [3.05, 3.63) is 0 Å². The van der Waals surface area contributed by atoms with E-state index < -0.39 is 0 Å². The molecule has 4 heteroatoms. The molecule has 0 heterocycles. The molecule has 0 nitrogen and oxygen atoms in total. The van der Waals surface area contributed by atoms with Gasteiger partial charge in [-0.1, -0.05) is 19.3 Å². The Labute approximate surface area is 64.0 Å². The van der Waals surface area contributed by atoms with Gasteiger partial charge in [0.2, 0.25) is 0 Å². The molecule has 0 aliphatic heterocycles. The highest BCUT2D eigenvalue weighted by molar-refractivity contribution is 7.08. The molecular formula is C4H10Cl2Si2. The lowest BCUT2D eigenvalue weighted by Crippen LogP contribution is -2.29. The van der Waals surface area contributed by atoms with E-state index in [0.29, 0.717) is 4.66 Å². The van der Waals surface area contributed by atoms with Crippen LogP contribution in [0.5, 0.6) is 0 Å². The Kier molecular flexibility index (Phi) is 2.43. The zero-order valence-electron chi connectivity index (χ0n) is 4.79. The van der Waals surface area contributed by atoms with Gasteiger partial charge in [0.05, 0.1) is 0 Å². The van der Waals surface area contributed by atoms with Gasteiger partial charge in [-0.3, -0.25) is 0 Å². The van der Waals surface area contributed by atoms with Gasteiger partial charge in [0.15, 0.2) is 0 Å². The fourth-order valence-electron chi connectivity index (χ4n) is 0.980. The van der Waals surface area contributed by atoms with E-state index in [1.54, 1.807) is 0 Å². The van der Waals surface area contributed by atoms with Gasteiger partial charge in [-0.15, -0.1) is 0 Å². The van der Waals surface area contributed by atoms with Gasteiger partial charge in [0, 0.05) is 0 Å². The van der Waals surface area contributed by atoms with E-state index >= 15 is 0 Å². The minimum atomic E-state index is -0.280. The van der Waals surface area contributed by atoms with E-state index in [4.69, 9.17) is 22.2 Å². The maximum atomic E-state index is 5.85. The van der Waals surface area contributed by atoms with Crippen LogP contribution in [0, 0.1) is 0 Å². The number of hydrogen-bond donors (Lipinski definition) is 0. The van der Waals surface area contributed by atoms with Crippen LogP contribution in [0.4, 0.5) is 0 Å². The number of halogens is 2. The Morgan fingerprint density at radius 3 is 1.62 bits per heavy atom. The standard InChI is InChI=1S/C4H10Cl2Si2/c5-7-4(8-6)2-1-3-4/h1-3,7-8H2.